The molecule has 1 heterocycles. The number of hydrogen-bond donors (Lipinski definition) is 1. The highest BCUT2D eigenvalue weighted by molar-refractivity contribution is 5.11. The molecule has 0 aliphatic rings. The van der Waals surface area contributed by atoms with Gasteiger partial charge in [-0.1, -0.05) is 13.8 Å². The van der Waals surface area contributed by atoms with Gasteiger partial charge in [-0.25, -0.2) is 13.2 Å². The summed E-state index contributed by atoms with van der Waals surface area (Å²) >= 11 is 0. The van der Waals surface area contributed by atoms with Gasteiger partial charge >= 0.3 is 0 Å². The smallest absolute Gasteiger partial charge is 0.251 e. The van der Waals surface area contributed by atoms with Crippen LogP contribution in [0.25, 0.3) is 0 Å². The van der Waals surface area contributed by atoms with Crippen LogP contribution in [0.2, 0.25) is 0 Å². The van der Waals surface area contributed by atoms with E-state index in [1.807, 2.05) is 13.8 Å². The van der Waals surface area contributed by atoms with Gasteiger partial charge in [0.25, 0.3) is 6.43 Å². The summed E-state index contributed by atoms with van der Waals surface area (Å²) in [5, 5.41) is 3.28. The van der Waals surface area contributed by atoms with Gasteiger partial charge in [0.2, 0.25) is 0 Å². The van der Waals surface area contributed by atoms with E-state index in [4.69, 9.17) is 0 Å². The predicted octanol–water partition coefficient (Wildman–Crippen LogP) is 2.70. The summed E-state index contributed by atoms with van der Waals surface area (Å²) < 4.78 is 37.6. The molecule has 0 bridgehead atoms. The van der Waals surface area contributed by atoms with E-state index < -0.39 is 6.43 Å². The number of nitrogens with one attached hydrogen (secondary N) is 1. The van der Waals surface area contributed by atoms with Gasteiger partial charge in [0.15, 0.2) is 0 Å². The summed E-state index contributed by atoms with van der Waals surface area (Å²) in [5.74, 6) is -0.303. The number of nitrogens with zero attached hydrogens (tertiary/aromatic N) is 2. The molecule has 3 nitrogen and oxygen atoms in total. The lowest BCUT2D eigenvalue weighted by Crippen LogP contribution is -2.36. The Morgan fingerprint density at radius 1 is 1.30 bits per heavy atom. The lowest BCUT2D eigenvalue weighted by Gasteiger charge is -2.28. The van der Waals surface area contributed by atoms with Crippen molar-refractivity contribution in [1.82, 2.24) is 15.2 Å². The summed E-state index contributed by atoms with van der Waals surface area (Å²) in [6, 6.07) is 2.91. The van der Waals surface area contributed by atoms with Gasteiger partial charge in [0, 0.05) is 6.54 Å². The minimum Gasteiger partial charge on any atom is -0.309 e. The van der Waals surface area contributed by atoms with Crippen molar-refractivity contribution in [2.45, 2.75) is 26.3 Å². The molecular formula is C14H22F3N3. The Hall–Kier alpha value is -1.14. The number of aromatic nitrogens is 1. The van der Waals surface area contributed by atoms with E-state index in [9.17, 15) is 13.2 Å². The molecule has 0 radical (unpaired) electrons. The van der Waals surface area contributed by atoms with Crippen LogP contribution in [0.4, 0.5) is 13.2 Å². The molecule has 6 heteroatoms. The molecule has 1 N–H and O–H groups in total. The van der Waals surface area contributed by atoms with Crippen LogP contribution in [0.3, 0.4) is 0 Å². The molecule has 20 heavy (non-hydrogen) atoms. The molecular weight excluding hydrogens is 267 g/mol. The molecule has 2 atom stereocenters. The summed E-state index contributed by atoms with van der Waals surface area (Å²) in [5.41, 5.74) is 0.728. The molecule has 0 saturated heterocycles. The lowest BCUT2D eigenvalue weighted by atomic mass is 9.97. The molecule has 0 saturated carbocycles. The first-order valence-corrected chi connectivity index (χ1v) is 6.75. The highest BCUT2D eigenvalue weighted by Crippen LogP contribution is 2.21. The van der Waals surface area contributed by atoms with Gasteiger partial charge in [0.1, 0.15) is 5.82 Å². The minimum absolute atomic E-state index is 0.0802. The summed E-state index contributed by atoms with van der Waals surface area (Å²) in [6.07, 6.45) is -1.16. The van der Waals surface area contributed by atoms with E-state index in [1.54, 1.807) is 18.0 Å². The molecule has 0 aliphatic heterocycles. The fourth-order valence-electron chi connectivity index (χ4n) is 2.30. The van der Waals surface area contributed by atoms with Crippen LogP contribution in [-0.2, 0) is 0 Å². The Balaban J connectivity index is 2.71. The highest BCUT2D eigenvalue weighted by Gasteiger charge is 2.22. The monoisotopic (exact) mass is 289 g/mol. The van der Waals surface area contributed by atoms with Crippen LogP contribution in [0.1, 0.15) is 25.6 Å². The number of hydrogen-bond acceptors (Lipinski definition) is 3. The highest BCUT2D eigenvalue weighted by atomic mass is 19.3. The summed E-state index contributed by atoms with van der Waals surface area (Å²) in [6.45, 7) is 4.93. The van der Waals surface area contributed by atoms with Crippen LogP contribution in [0.15, 0.2) is 18.3 Å². The van der Waals surface area contributed by atoms with Gasteiger partial charge in [-0.2, -0.15) is 0 Å². The van der Waals surface area contributed by atoms with Crippen LogP contribution in [-0.4, -0.2) is 43.0 Å². The SMILES string of the molecule is CCNC(c1ccc(F)cn1)C(C)CN(C)CC(F)F. The average Bonchev–Trinajstić information content (AvgIpc) is 2.36. The normalized spacial score (nSPS) is 14.8. The van der Waals surface area contributed by atoms with E-state index in [0.717, 1.165) is 12.2 Å². The Morgan fingerprint density at radius 3 is 2.50 bits per heavy atom. The summed E-state index contributed by atoms with van der Waals surface area (Å²) in [7, 11) is 1.67. The van der Waals surface area contributed by atoms with Gasteiger partial charge < -0.3 is 10.2 Å². The van der Waals surface area contributed by atoms with E-state index >= 15 is 0 Å². The molecule has 1 aromatic rings. The zero-order valence-electron chi connectivity index (χ0n) is 12.1. The maximum absolute atomic E-state index is 12.9. The Bertz CT molecular complexity index is 384. The van der Waals surface area contributed by atoms with Crippen molar-refractivity contribution in [2.24, 2.45) is 5.92 Å². The van der Waals surface area contributed by atoms with Crippen LogP contribution < -0.4 is 5.32 Å². The van der Waals surface area contributed by atoms with Crippen molar-refractivity contribution in [3.63, 3.8) is 0 Å². The van der Waals surface area contributed by atoms with E-state index in [-0.39, 0.29) is 24.3 Å². The third-order valence-corrected chi connectivity index (χ3v) is 3.11. The van der Waals surface area contributed by atoms with Crippen molar-refractivity contribution in [3.05, 3.63) is 29.8 Å². The first-order valence-electron chi connectivity index (χ1n) is 6.75. The molecule has 114 valence electrons. The fraction of sp³-hybridized carbons (Fsp3) is 0.643. The molecule has 0 amide bonds. The second-order valence-electron chi connectivity index (χ2n) is 5.03. The third kappa shape index (κ3) is 5.46. The quantitative estimate of drug-likeness (QED) is 0.797. The standard InChI is InChI=1S/C14H22F3N3/c1-4-18-14(12-6-5-11(15)7-19-12)10(2)8-20(3)9-13(16)17/h5-7,10,13-14,18H,4,8-9H2,1-3H3. The zero-order chi connectivity index (χ0) is 15.1. The molecule has 0 aliphatic carbocycles. The van der Waals surface area contributed by atoms with Crippen molar-refractivity contribution in [1.29, 1.82) is 0 Å². The number of alkyl halides is 2. The Labute approximate surface area is 118 Å². The maximum atomic E-state index is 12.9. The van der Waals surface area contributed by atoms with Crippen molar-refractivity contribution >= 4 is 0 Å². The maximum Gasteiger partial charge on any atom is 0.251 e. The fourth-order valence-corrected chi connectivity index (χ4v) is 2.30. The second-order valence-corrected chi connectivity index (χ2v) is 5.03. The molecule has 1 rings (SSSR count). The Morgan fingerprint density at radius 2 is 2.00 bits per heavy atom. The van der Waals surface area contributed by atoms with Gasteiger partial charge in [0.05, 0.1) is 24.5 Å². The number of pyridine rings is 1. The summed E-state index contributed by atoms with van der Waals surface area (Å²) in [4.78, 5) is 5.68. The largest absolute Gasteiger partial charge is 0.309 e. The third-order valence-electron chi connectivity index (χ3n) is 3.11. The molecule has 2 unspecified atom stereocenters. The van der Waals surface area contributed by atoms with Crippen LogP contribution >= 0.6 is 0 Å². The number of halogens is 3. The molecule has 0 fully saturated rings. The van der Waals surface area contributed by atoms with Gasteiger partial charge in [-0.15, -0.1) is 0 Å². The second kappa shape index (κ2) is 8.21. The molecule has 0 aromatic carbocycles. The van der Waals surface area contributed by atoms with Gasteiger partial charge in [-0.3, -0.25) is 4.98 Å². The topological polar surface area (TPSA) is 28.2 Å². The zero-order valence-corrected chi connectivity index (χ0v) is 12.1. The van der Waals surface area contributed by atoms with E-state index in [0.29, 0.717) is 6.54 Å². The first-order chi connectivity index (χ1) is 9.43. The average molecular weight is 289 g/mol. The van der Waals surface area contributed by atoms with Crippen LogP contribution in [0, 0.1) is 11.7 Å². The van der Waals surface area contributed by atoms with Crippen molar-refractivity contribution in [3.8, 4) is 0 Å². The molecule has 0 spiro atoms. The van der Waals surface area contributed by atoms with E-state index in [1.165, 1.54) is 12.3 Å². The van der Waals surface area contributed by atoms with E-state index in [2.05, 4.69) is 10.3 Å². The van der Waals surface area contributed by atoms with Crippen molar-refractivity contribution in [2.75, 3.05) is 26.7 Å². The Kier molecular flexibility index (Phi) is 6.95. The minimum atomic E-state index is -2.34. The lowest BCUT2D eigenvalue weighted by molar-refractivity contribution is 0.0908. The van der Waals surface area contributed by atoms with Crippen LogP contribution in [0.5, 0.6) is 0 Å². The van der Waals surface area contributed by atoms with Gasteiger partial charge in [-0.05, 0) is 31.6 Å². The van der Waals surface area contributed by atoms with Crippen molar-refractivity contribution < 1.29 is 13.2 Å². The number of rotatable bonds is 8. The first kappa shape index (κ1) is 16.9. The predicted molar refractivity (Wildman–Crippen MR) is 73.3 cm³/mol. The molecule has 1 aromatic heterocycles.